The largest absolute Gasteiger partial charge is 0.480 e. The molecule has 2 atom stereocenters. The van der Waals surface area contributed by atoms with Crippen molar-refractivity contribution >= 4 is 23.3 Å². The van der Waals surface area contributed by atoms with Crippen LogP contribution in [0.1, 0.15) is 12.1 Å². The zero-order chi connectivity index (χ0) is 14.5. The molecule has 0 aliphatic carbocycles. The zero-order valence-corrected chi connectivity index (χ0v) is 11.9. The first-order chi connectivity index (χ1) is 9.61. The number of carbonyl (C=O) groups excluding carboxylic acids is 1. The first kappa shape index (κ1) is 14.7. The summed E-state index contributed by atoms with van der Waals surface area (Å²) >= 11 is 1.50. The number of hydrogen-bond donors (Lipinski definition) is 2. The zero-order valence-electron chi connectivity index (χ0n) is 11.1. The number of carboxylic acid groups (broad SMARTS) is 1. The standard InChI is InChI=1S/C12H17N3O4S/c1-19-9-4-10(11(16)17)15(5-9)12(18)13-3-2-8-6-20-7-14-8/h6-7,9-10H,2-5H2,1H3,(H,13,18)(H,16,17). The summed E-state index contributed by atoms with van der Waals surface area (Å²) in [5, 5.41) is 13.8. The van der Waals surface area contributed by atoms with Crippen molar-refractivity contribution in [3.63, 3.8) is 0 Å². The van der Waals surface area contributed by atoms with Crippen LogP contribution in [0.5, 0.6) is 0 Å². The van der Waals surface area contributed by atoms with Gasteiger partial charge in [0.05, 0.1) is 17.3 Å². The van der Waals surface area contributed by atoms with Gasteiger partial charge in [-0.05, 0) is 0 Å². The van der Waals surface area contributed by atoms with E-state index in [0.29, 0.717) is 25.9 Å². The summed E-state index contributed by atoms with van der Waals surface area (Å²) < 4.78 is 5.14. The fourth-order valence-electron chi connectivity index (χ4n) is 2.19. The molecule has 1 saturated heterocycles. The van der Waals surface area contributed by atoms with Gasteiger partial charge in [0.2, 0.25) is 0 Å². The number of carbonyl (C=O) groups is 2. The van der Waals surface area contributed by atoms with E-state index in [4.69, 9.17) is 9.84 Å². The molecule has 2 N–H and O–H groups in total. The molecule has 1 aromatic rings. The van der Waals surface area contributed by atoms with Crippen LogP contribution in [0.2, 0.25) is 0 Å². The molecule has 110 valence electrons. The summed E-state index contributed by atoms with van der Waals surface area (Å²) in [5.41, 5.74) is 2.66. The SMILES string of the molecule is COC1CC(C(=O)O)N(C(=O)NCCc2cscn2)C1. The van der Waals surface area contributed by atoms with E-state index in [0.717, 1.165) is 5.69 Å². The molecule has 1 aliphatic rings. The number of aliphatic carboxylic acids is 1. The minimum absolute atomic E-state index is 0.222. The highest BCUT2D eigenvalue weighted by atomic mass is 32.1. The third kappa shape index (κ3) is 3.45. The second-order valence-corrected chi connectivity index (χ2v) is 5.28. The van der Waals surface area contributed by atoms with Crippen LogP contribution < -0.4 is 5.32 Å². The maximum atomic E-state index is 12.0. The summed E-state index contributed by atoms with van der Waals surface area (Å²) in [7, 11) is 1.52. The number of nitrogens with one attached hydrogen (secondary N) is 1. The smallest absolute Gasteiger partial charge is 0.326 e. The van der Waals surface area contributed by atoms with Crippen molar-refractivity contribution in [2.75, 3.05) is 20.2 Å². The summed E-state index contributed by atoms with van der Waals surface area (Å²) in [6.45, 7) is 0.735. The van der Waals surface area contributed by atoms with Gasteiger partial charge >= 0.3 is 12.0 Å². The highest BCUT2D eigenvalue weighted by molar-refractivity contribution is 7.07. The number of carboxylic acids is 1. The van der Waals surface area contributed by atoms with Crippen molar-refractivity contribution in [2.45, 2.75) is 25.0 Å². The third-order valence-electron chi connectivity index (χ3n) is 3.28. The number of nitrogens with zero attached hydrogens (tertiary/aromatic N) is 2. The second-order valence-electron chi connectivity index (χ2n) is 4.56. The number of methoxy groups -OCH3 is 1. The average molecular weight is 299 g/mol. The molecule has 2 rings (SSSR count). The molecule has 0 bridgehead atoms. The number of likely N-dealkylation sites (tertiary alicyclic amines) is 1. The van der Waals surface area contributed by atoms with Crippen molar-refractivity contribution in [3.8, 4) is 0 Å². The van der Waals surface area contributed by atoms with Gasteiger partial charge in [-0.3, -0.25) is 0 Å². The maximum absolute atomic E-state index is 12.0. The van der Waals surface area contributed by atoms with Crippen molar-refractivity contribution < 1.29 is 19.4 Å². The van der Waals surface area contributed by atoms with E-state index >= 15 is 0 Å². The number of rotatable bonds is 5. The van der Waals surface area contributed by atoms with Crippen LogP contribution in [0.15, 0.2) is 10.9 Å². The predicted molar refractivity (Wildman–Crippen MR) is 72.8 cm³/mol. The summed E-state index contributed by atoms with van der Waals surface area (Å²) in [5.74, 6) is -1.00. The Hall–Kier alpha value is -1.67. The van der Waals surface area contributed by atoms with Crippen LogP contribution in [0.25, 0.3) is 0 Å². The average Bonchev–Trinajstić information content (AvgIpc) is 3.07. The van der Waals surface area contributed by atoms with E-state index in [9.17, 15) is 9.59 Å². The number of thiazole rings is 1. The summed E-state index contributed by atoms with van der Waals surface area (Å²) in [6, 6.07) is -1.19. The Balaban J connectivity index is 1.85. The van der Waals surface area contributed by atoms with Crippen molar-refractivity contribution in [1.29, 1.82) is 0 Å². The second kappa shape index (κ2) is 6.67. The minimum Gasteiger partial charge on any atom is -0.480 e. The molecule has 8 heteroatoms. The number of aromatic nitrogens is 1. The van der Waals surface area contributed by atoms with Crippen LogP contribution in [0.4, 0.5) is 4.79 Å². The minimum atomic E-state index is -1.00. The number of urea groups is 1. The quantitative estimate of drug-likeness (QED) is 0.829. The molecule has 1 fully saturated rings. The number of hydrogen-bond acceptors (Lipinski definition) is 5. The maximum Gasteiger partial charge on any atom is 0.326 e. The van der Waals surface area contributed by atoms with Gasteiger partial charge < -0.3 is 20.1 Å². The molecular formula is C12H17N3O4S. The molecule has 2 unspecified atom stereocenters. The molecule has 1 aromatic heterocycles. The normalized spacial score (nSPS) is 21.9. The molecule has 0 aromatic carbocycles. The molecule has 7 nitrogen and oxygen atoms in total. The molecule has 2 amide bonds. The Morgan fingerprint density at radius 1 is 1.65 bits per heavy atom. The molecule has 20 heavy (non-hydrogen) atoms. The molecule has 1 aliphatic heterocycles. The number of ether oxygens (including phenoxy) is 1. The van der Waals surface area contributed by atoms with Crippen molar-refractivity contribution in [2.24, 2.45) is 0 Å². The Labute approximate surface area is 120 Å². The lowest BCUT2D eigenvalue weighted by atomic mass is 10.2. The molecule has 2 heterocycles. The van der Waals surface area contributed by atoms with Crippen LogP contribution in [0, 0.1) is 0 Å². The Bertz CT molecular complexity index is 465. The molecule has 0 spiro atoms. The first-order valence-corrected chi connectivity index (χ1v) is 7.23. The predicted octanol–water partition coefficient (Wildman–Crippen LogP) is 0.569. The van der Waals surface area contributed by atoms with E-state index in [1.165, 1.54) is 23.3 Å². The van der Waals surface area contributed by atoms with E-state index in [1.54, 1.807) is 5.51 Å². The topological polar surface area (TPSA) is 91.8 Å². The summed E-state index contributed by atoms with van der Waals surface area (Å²) in [4.78, 5) is 28.6. The van der Waals surface area contributed by atoms with Gasteiger partial charge in [0.25, 0.3) is 0 Å². The van der Waals surface area contributed by atoms with Crippen LogP contribution in [0.3, 0.4) is 0 Å². The lowest BCUT2D eigenvalue weighted by molar-refractivity contribution is -0.141. The molecule has 0 saturated carbocycles. The third-order valence-corrected chi connectivity index (χ3v) is 3.92. The van der Waals surface area contributed by atoms with E-state index in [2.05, 4.69) is 10.3 Å². The van der Waals surface area contributed by atoms with Crippen molar-refractivity contribution in [3.05, 3.63) is 16.6 Å². The lowest BCUT2D eigenvalue weighted by Crippen LogP contribution is -2.46. The molecule has 0 radical (unpaired) electrons. The van der Waals surface area contributed by atoms with E-state index in [1.807, 2.05) is 5.38 Å². The molecular weight excluding hydrogens is 282 g/mol. The summed E-state index contributed by atoms with van der Waals surface area (Å²) in [6.07, 6.45) is 0.736. The van der Waals surface area contributed by atoms with Gasteiger partial charge in [-0.1, -0.05) is 0 Å². The Morgan fingerprint density at radius 3 is 3.05 bits per heavy atom. The van der Waals surface area contributed by atoms with Gasteiger partial charge in [-0.2, -0.15) is 0 Å². The highest BCUT2D eigenvalue weighted by Gasteiger charge is 2.39. The first-order valence-electron chi connectivity index (χ1n) is 6.29. The number of amides is 2. The fourth-order valence-corrected chi connectivity index (χ4v) is 2.78. The van der Waals surface area contributed by atoms with Crippen LogP contribution >= 0.6 is 11.3 Å². The monoisotopic (exact) mass is 299 g/mol. The van der Waals surface area contributed by atoms with Gasteiger partial charge in [0.15, 0.2) is 0 Å². The highest BCUT2D eigenvalue weighted by Crippen LogP contribution is 2.20. The Morgan fingerprint density at radius 2 is 2.45 bits per heavy atom. The fraction of sp³-hybridized carbons (Fsp3) is 0.583. The van der Waals surface area contributed by atoms with E-state index in [-0.39, 0.29) is 12.1 Å². The van der Waals surface area contributed by atoms with Gasteiger partial charge in [-0.25, -0.2) is 14.6 Å². The van der Waals surface area contributed by atoms with Crippen LogP contribution in [-0.2, 0) is 16.0 Å². The van der Waals surface area contributed by atoms with Gasteiger partial charge in [0, 0.05) is 38.4 Å². The Kier molecular flexibility index (Phi) is 4.91. The van der Waals surface area contributed by atoms with Crippen LogP contribution in [-0.4, -0.2) is 59.3 Å². The van der Waals surface area contributed by atoms with Gasteiger partial charge in [-0.15, -0.1) is 11.3 Å². The van der Waals surface area contributed by atoms with Crippen molar-refractivity contribution in [1.82, 2.24) is 15.2 Å². The van der Waals surface area contributed by atoms with E-state index < -0.39 is 12.0 Å². The van der Waals surface area contributed by atoms with Gasteiger partial charge in [0.1, 0.15) is 6.04 Å². The lowest BCUT2D eigenvalue weighted by Gasteiger charge is -2.21.